The fourth-order valence-corrected chi connectivity index (χ4v) is 2.57. The molecule has 0 fully saturated rings. The Morgan fingerprint density at radius 2 is 2.04 bits per heavy atom. The van der Waals surface area contributed by atoms with Gasteiger partial charge in [-0.15, -0.1) is 0 Å². The van der Waals surface area contributed by atoms with Gasteiger partial charge in [0.15, 0.2) is 0 Å². The molecule has 130 valence electrons. The van der Waals surface area contributed by atoms with Crippen molar-refractivity contribution in [2.24, 2.45) is 0 Å². The number of anilines is 2. The molecule has 0 saturated carbocycles. The first-order valence-corrected chi connectivity index (χ1v) is 7.91. The fourth-order valence-electron chi connectivity index (χ4n) is 2.57. The minimum absolute atomic E-state index is 0.0106. The van der Waals surface area contributed by atoms with Crippen LogP contribution < -0.4 is 10.6 Å². The van der Waals surface area contributed by atoms with E-state index >= 15 is 0 Å². The van der Waals surface area contributed by atoms with Gasteiger partial charge in [0.25, 0.3) is 0 Å². The van der Waals surface area contributed by atoms with Gasteiger partial charge < -0.3 is 15.7 Å². The number of hydrogen-bond donors (Lipinski definition) is 3. The molecule has 8 heteroatoms. The van der Waals surface area contributed by atoms with Crippen LogP contribution >= 0.6 is 0 Å². The van der Waals surface area contributed by atoms with Crippen molar-refractivity contribution in [1.29, 1.82) is 0 Å². The monoisotopic (exact) mass is 340 g/mol. The van der Waals surface area contributed by atoms with Crippen molar-refractivity contribution in [3.05, 3.63) is 54.1 Å². The lowest BCUT2D eigenvalue weighted by Gasteiger charge is -2.12. The van der Waals surface area contributed by atoms with Crippen molar-refractivity contribution in [3.63, 3.8) is 0 Å². The Kier molecular flexibility index (Phi) is 4.80. The van der Waals surface area contributed by atoms with Crippen molar-refractivity contribution < 1.29 is 9.90 Å². The van der Waals surface area contributed by atoms with Gasteiger partial charge in [-0.25, -0.2) is 9.48 Å². The van der Waals surface area contributed by atoms with Crippen LogP contribution in [0.15, 0.2) is 42.7 Å². The summed E-state index contributed by atoms with van der Waals surface area (Å²) >= 11 is 0. The first-order valence-electron chi connectivity index (χ1n) is 7.91. The fraction of sp³-hybridized carbons (Fsp3) is 0.235. The van der Waals surface area contributed by atoms with Crippen molar-refractivity contribution in [2.75, 3.05) is 17.2 Å². The first-order chi connectivity index (χ1) is 12.1. The SMILES string of the molecule is Cc1cc(C)n(-c2ccccc2NC(=O)Nc2cnn(CCO)c2)n1. The minimum atomic E-state index is -0.377. The summed E-state index contributed by atoms with van der Waals surface area (Å²) in [6.45, 7) is 4.26. The number of hydrogen-bond acceptors (Lipinski definition) is 4. The molecule has 0 bridgehead atoms. The highest BCUT2D eigenvalue weighted by molar-refractivity contribution is 6.00. The number of benzene rings is 1. The van der Waals surface area contributed by atoms with Gasteiger partial charge in [0.1, 0.15) is 0 Å². The Hall–Kier alpha value is -3.13. The van der Waals surface area contributed by atoms with Gasteiger partial charge in [0.05, 0.1) is 42.1 Å². The van der Waals surface area contributed by atoms with Gasteiger partial charge in [-0.3, -0.25) is 4.68 Å². The number of urea groups is 1. The predicted molar refractivity (Wildman–Crippen MR) is 95.0 cm³/mol. The number of nitrogens with one attached hydrogen (secondary N) is 2. The Labute approximate surface area is 145 Å². The second-order valence-corrected chi connectivity index (χ2v) is 5.65. The molecule has 0 saturated heterocycles. The van der Waals surface area contributed by atoms with E-state index in [-0.39, 0.29) is 12.6 Å². The third kappa shape index (κ3) is 3.86. The molecule has 2 heterocycles. The highest BCUT2D eigenvalue weighted by Crippen LogP contribution is 2.21. The minimum Gasteiger partial charge on any atom is -0.394 e. The van der Waals surface area contributed by atoms with Crippen molar-refractivity contribution in [3.8, 4) is 5.69 Å². The molecule has 2 aromatic heterocycles. The zero-order valence-corrected chi connectivity index (χ0v) is 14.1. The molecule has 0 aliphatic rings. The van der Waals surface area contributed by atoms with E-state index in [1.165, 1.54) is 6.20 Å². The van der Waals surface area contributed by atoms with E-state index in [9.17, 15) is 4.79 Å². The standard InChI is InChI=1S/C17H20N6O2/c1-12-9-13(2)23(21-12)16-6-4-3-5-15(16)20-17(25)19-14-10-18-22(11-14)7-8-24/h3-6,9-11,24H,7-8H2,1-2H3,(H2,19,20,25). The molecule has 25 heavy (non-hydrogen) atoms. The smallest absolute Gasteiger partial charge is 0.323 e. The first kappa shape index (κ1) is 16.7. The number of aromatic nitrogens is 4. The molecular weight excluding hydrogens is 320 g/mol. The summed E-state index contributed by atoms with van der Waals surface area (Å²) in [5.74, 6) is 0. The highest BCUT2D eigenvalue weighted by Gasteiger charge is 2.11. The summed E-state index contributed by atoms with van der Waals surface area (Å²) in [7, 11) is 0. The van der Waals surface area contributed by atoms with Crippen LogP contribution in [0.1, 0.15) is 11.4 Å². The van der Waals surface area contributed by atoms with Crippen LogP contribution in [0.4, 0.5) is 16.2 Å². The molecule has 0 radical (unpaired) electrons. The van der Waals surface area contributed by atoms with E-state index in [4.69, 9.17) is 5.11 Å². The molecule has 0 atom stereocenters. The van der Waals surface area contributed by atoms with Crippen molar-refractivity contribution >= 4 is 17.4 Å². The normalized spacial score (nSPS) is 10.7. The molecule has 0 aliphatic heterocycles. The van der Waals surface area contributed by atoms with Gasteiger partial charge in [-0.05, 0) is 32.0 Å². The van der Waals surface area contributed by atoms with E-state index in [0.29, 0.717) is 17.9 Å². The van der Waals surface area contributed by atoms with Crippen LogP contribution in [-0.4, -0.2) is 37.3 Å². The van der Waals surface area contributed by atoms with Crippen LogP contribution in [-0.2, 0) is 6.54 Å². The molecule has 0 unspecified atom stereocenters. The van der Waals surface area contributed by atoms with Gasteiger partial charge in [0.2, 0.25) is 0 Å². The summed E-state index contributed by atoms with van der Waals surface area (Å²) in [5, 5.41) is 23.0. The lowest BCUT2D eigenvalue weighted by atomic mass is 10.2. The Balaban J connectivity index is 1.76. The van der Waals surface area contributed by atoms with Crippen molar-refractivity contribution in [1.82, 2.24) is 19.6 Å². The van der Waals surface area contributed by atoms with Gasteiger partial charge in [-0.2, -0.15) is 10.2 Å². The molecule has 8 nitrogen and oxygen atoms in total. The number of aryl methyl sites for hydroxylation is 2. The van der Waals surface area contributed by atoms with Crippen LogP contribution in [0.3, 0.4) is 0 Å². The average Bonchev–Trinajstić information content (AvgIpc) is 3.14. The largest absolute Gasteiger partial charge is 0.394 e. The highest BCUT2D eigenvalue weighted by atomic mass is 16.3. The number of nitrogens with zero attached hydrogens (tertiary/aromatic N) is 4. The quantitative estimate of drug-likeness (QED) is 0.664. The number of aliphatic hydroxyl groups excluding tert-OH is 1. The molecule has 0 aliphatic carbocycles. The van der Waals surface area contributed by atoms with Gasteiger partial charge >= 0.3 is 6.03 Å². The third-order valence-electron chi connectivity index (χ3n) is 3.61. The summed E-state index contributed by atoms with van der Waals surface area (Å²) in [6.07, 6.45) is 3.19. The van der Waals surface area contributed by atoms with E-state index in [1.54, 1.807) is 15.6 Å². The van der Waals surface area contributed by atoms with Gasteiger partial charge in [-0.1, -0.05) is 12.1 Å². The Morgan fingerprint density at radius 3 is 2.76 bits per heavy atom. The molecule has 3 rings (SSSR count). The molecule has 1 aromatic carbocycles. The van der Waals surface area contributed by atoms with E-state index < -0.39 is 0 Å². The van der Waals surface area contributed by atoms with Crippen molar-refractivity contribution in [2.45, 2.75) is 20.4 Å². The zero-order valence-electron chi connectivity index (χ0n) is 14.1. The molecular formula is C17H20N6O2. The lowest BCUT2D eigenvalue weighted by Crippen LogP contribution is -2.20. The van der Waals surface area contributed by atoms with Crippen LogP contribution in [0.25, 0.3) is 5.69 Å². The van der Waals surface area contributed by atoms with Gasteiger partial charge in [0, 0.05) is 11.9 Å². The summed E-state index contributed by atoms with van der Waals surface area (Å²) in [6, 6.07) is 9.07. The van der Waals surface area contributed by atoms with Crippen LogP contribution in [0, 0.1) is 13.8 Å². The molecule has 3 N–H and O–H groups in total. The number of para-hydroxylation sites is 2. The zero-order chi connectivity index (χ0) is 17.8. The Morgan fingerprint density at radius 1 is 1.24 bits per heavy atom. The van der Waals surface area contributed by atoms with Crippen LogP contribution in [0.5, 0.6) is 0 Å². The maximum atomic E-state index is 12.3. The number of carbonyl (C=O) groups is 1. The topological polar surface area (TPSA) is 97.0 Å². The molecule has 3 aromatic rings. The van der Waals surface area contributed by atoms with E-state index in [0.717, 1.165) is 17.1 Å². The summed E-state index contributed by atoms with van der Waals surface area (Å²) < 4.78 is 3.35. The second-order valence-electron chi connectivity index (χ2n) is 5.65. The number of amides is 2. The molecule has 2 amide bonds. The summed E-state index contributed by atoms with van der Waals surface area (Å²) in [4.78, 5) is 12.3. The third-order valence-corrected chi connectivity index (χ3v) is 3.61. The van der Waals surface area contributed by atoms with Crippen LogP contribution in [0.2, 0.25) is 0 Å². The van der Waals surface area contributed by atoms with E-state index in [2.05, 4.69) is 20.8 Å². The number of carbonyl (C=O) groups excluding carboxylic acids is 1. The predicted octanol–water partition coefficient (Wildman–Crippen LogP) is 2.32. The summed E-state index contributed by atoms with van der Waals surface area (Å²) in [5.41, 5.74) is 3.88. The molecule has 0 spiro atoms. The maximum Gasteiger partial charge on any atom is 0.323 e. The van der Waals surface area contributed by atoms with E-state index in [1.807, 2.05) is 44.2 Å². The lowest BCUT2D eigenvalue weighted by molar-refractivity contribution is 0.262. The number of aliphatic hydroxyl groups is 1. The maximum absolute atomic E-state index is 12.3. The second kappa shape index (κ2) is 7.18. The average molecular weight is 340 g/mol. The number of rotatable bonds is 5. The Bertz CT molecular complexity index is 883.